The molecule has 5 heteroatoms. The summed E-state index contributed by atoms with van der Waals surface area (Å²) in [7, 11) is 0. The lowest BCUT2D eigenvalue weighted by Gasteiger charge is -2.18. The lowest BCUT2D eigenvalue weighted by Crippen LogP contribution is -2.31. The first-order valence-electron chi connectivity index (χ1n) is 5.80. The van der Waals surface area contributed by atoms with E-state index in [2.05, 4.69) is 10.3 Å². The number of aryl methyl sites for hydroxylation is 1. The molecule has 0 saturated carbocycles. The van der Waals surface area contributed by atoms with E-state index >= 15 is 0 Å². The molecule has 2 N–H and O–H groups in total. The Morgan fingerprint density at radius 2 is 2.28 bits per heavy atom. The molecule has 96 valence electrons. The number of carboxylic acid groups (broad SMARTS) is 1. The first-order valence-corrected chi connectivity index (χ1v) is 5.80. The monoisotopic (exact) mass is 247 g/mol. The average Bonchev–Trinajstić information content (AvgIpc) is 2.27. The van der Waals surface area contributed by atoms with Crippen molar-refractivity contribution in [2.24, 2.45) is 5.92 Å². The Bertz CT molecular complexity index is 478. The molecular formula is C13H17N3O2. The topological polar surface area (TPSA) is 86.0 Å². The second-order valence-electron chi connectivity index (χ2n) is 4.63. The van der Waals surface area contributed by atoms with Crippen molar-refractivity contribution >= 4 is 11.8 Å². The highest BCUT2D eigenvalue weighted by atomic mass is 16.4. The summed E-state index contributed by atoms with van der Waals surface area (Å²) < 4.78 is 0. The number of hydrogen-bond acceptors (Lipinski definition) is 4. The molecule has 5 nitrogen and oxygen atoms in total. The second-order valence-corrected chi connectivity index (χ2v) is 4.63. The van der Waals surface area contributed by atoms with Crippen molar-refractivity contribution in [2.45, 2.75) is 33.2 Å². The van der Waals surface area contributed by atoms with Gasteiger partial charge in [0.05, 0.1) is 5.56 Å². The van der Waals surface area contributed by atoms with Crippen LogP contribution in [-0.4, -0.2) is 22.1 Å². The third kappa shape index (κ3) is 3.45. The number of rotatable bonds is 5. The van der Waals surface area contributed by atoms with Gasteiger partial charge in [-0.2, -0.15) is 5.26 Å². The van der Waals surface area contributed by atoms with Gasteiger partial charge < -0.3 is 10.4 Å². The molecule has 0 fully saturated rings. The number of carboxylic acids is 1. The maximum Gasteiger partial charge on any atom is 0.326 e. The van der Waals surface area contributed by atoms with Gasteiger partial charge in [-0.1, -0.05) is 13.8 Å². The summed E-state index contributed by atoms with van der Waals surface area (Å²) in [5, 5.41) is 21.0. The Labute approximate surface area is 106 Å². The molecule has 0 radical (unpaired) electrons. The molecule has 0 unspecified atom stereocenters. The minimum Gasteiger partial charge on any atom is -0.480 e. The molecule has 0 aliphatic heterocycles. The highest BCUT2D eigenvalue weighted by Gasteiger charge is 2.20. The Morgan fingerprint density at radius 1 is 1.61 bits per heavy atom. The first-order chi connectivity index (χ1) is 8.45. The quantitative estimate of drug-likeness (QED) is 0.832. The van der Waals surface area contributed by atoms with E-state index in [0.717, 1.165) is 5.56 Å². The summed E-state index contributed by atoms with van der Waals surface area (Å²) >= 11 is 0. The Balaban J connectivity index is 2.98. The molecule has 1 atom stereocenters. The van der Waals surface area contributed by atoms with Crippen LogP contribution in [0.5, 0.6) is 0 Å². The fourth-order valence-corrected chi connectivity index (χ4v) is 1.67. The third-order valence-corrected chi connectivity index (χ3v) is 2.59. The summed E-state index contributed by atoms with van der Waals surface area (Å²) in [5.41, 5.74) is 1.18. The van der Waals surface area contributed by atoms with Crippen LogP contribution in [0, 0.1) is 24.2 Å². The van der Waals surface area contributed by atoms with Crippen molar-refractivity contribution in [3.05, 3.63) is 23.4 Å². The molecule has 0 aromatic carbocycles. The van der Waals surface area contributed by atoms with Crippen LogP contribution >= 0.6 is 0 Å². The maximum atomic E-state index is 11.2. The number of anilines is 1. The highest BCUT2D eigenvalue weighted by molar-refractivity contribution is 5.77. The van der Waals surface area contributed by atoms with E-state index in [-0.39, 0.29) is 5.92 Å². The van der Waals surface area contributed by atoms with E-state index in [1.807, 2.05) is 19.9 Å². The fourth-order valence-electron chi connectivity index (χ4n) is 1.67. The number of pyridine rings is 1. The van der Waals surface area contributed by atoms with Crippen LogP contribution in [0.1, 0.15) is 31.4 Å². The molecule has 0 aliphatic rings. The summed E-state index contributed by atoms with van der Waals surface area (Å²) in [6.07, 6.45) is 2.04. The minimum absolute atomic E-state index is 0.244. The van der Waals surface area contributed by atoms with Crippen LogP contribution in [0.3, 0.4) is 0 Å². The van der Waals surface area contributed by atoms with Gasteiger partial charge in [0.2, 0.25) is 0 Å². The molecular weight excluding hydrogens is 230 g/mol. The summed E-state index contributed by atoms with van der Waals surface area (Å²) in [5.74, 6) is -0.351. The van der Waals surface area contributed by atoms with Crippen molar-refractivity contribution in [3.63, 3.8) is 0 Å². The molecule has 1 rings (SSSR count). The van der Waals surface area contributed by atoms with Gasteiger partial charge in [-0.05, 0) is 30.9 Å². The van der Waals surface area contributed by atoms with Gasteiger partial charge in [-0.3, -0.25) is 0 Å². The van der Waals surface area contributed by atoms with Gasteiger partial charge >= 0.3 is 5.97 Å². The molecule has 0 aliphatic carbocycles. The smallest absolute Gasteiger partial charge is 0.326 e. The molecule has 18 heavy (non-hydrogen) atoms. The van der Waals surface area contributed by atoms with E-state index in [9.17, 15) is 4.79 Å². The zero-order chi connectivity index (χ0) is 13.7. The minimum atomic E-state index is -0.934. The van der Waals surface area contributed by atoms with Gasteiger partial charge in [0.15, 0.2) is 0 Å². The van der Waals surface area contributed by atoms with E-state index in [1.54, 1.807) is 19.2 Å². The zero-order valence-corrected chi connectivity index (χ0v) is 10.8. The van der Waals surface area contributed by atoms with E-state index in [4.69, 9.17) is 10.4 Å². The zero-order valence-electron chi connectivity index (χ0n) is 10.8. The average molecular weight is 247 g/mol. The van der Waals surface area contributed by atoms with Gasteiger partial charge in [0, 0.05) is 6.20 Å². The largest absolute Gasteiger partial charge is 0.480 e. The van der Waals surface area contributed by atoms with Crippen molar-refractivity contribution in [2.75, 3.05) is 5.32 Å². The van der Waals surface area contributed by atoms with Crippen LogP contribution in [0.25, 0.3) is 0 Å². The number of hydrogen-bond donors (Lipinski definition) is 2. The van der Waals surface area contributed by atoms with Gasteiger partial charge in [0.1, 0.15) is 17.9 Å². The normalized spacial score (nSPS) is 11.9. The lowest BCUT2D eigenvalue weighted by molar-refractivity contribution is -0.138. The predicted molar refractivity (Wildman–Crippen MR) is 68.2 cm³/mol. The predicted octanol–water partition coefficient (Wildman–Crippen LogP) is 2.17. The number of nitrogens with one attached hydrogen (secondary N) is 1. The SMILES string of the molecule is Cc1ccnc(N[C@H](CC(C)C)C(=O)O)c1C#N. The third-order valence-electron chi connectivity index (χ3n) is 2.59. The van der Waals surface area contributed by atoms with Crippen LogP contribution < -0.4 is 5.32 Å². The van der Waals surface area contributed by atoms with E-state index < -0.39 is 12.0 Å². The Morgan fingerprint density at radius 3 is 2.78 bits per heavy atom. The molecule has 0 amide bonds. The maximum absolute atomic E-state index is 11.2. The number of carbonyl (C=O) groups is 1. The fraction of sp³-hybridized carbons (Fsp3) is 0.462. The number of aliphatic carboxylic acids is 1. The van der Waals surface area contributed by atoms with Gasteiger partial charge in [-0.25, -0.2) is 9.78 Å². The second kappa shape index (κ2) is 6.01. The molecule has 1 aromatic heterocycles. The van der Waals surface area contributed by atoms with Crippen molar-refractivity contribution in [1.29, 1.82) is 5.26 Å². The molecule has 0 saturated heterocycles. The van der Waals surface area contributed by atoms with E-state index in [1.165, 1.54) is 0 Å². The molecule has 1 aromatic rings. The van der Waals surface area contributed by atoms with Crippen LogP contribution in [-0.2, 0) is 4.79 Å². The molecule has 0 spiro atoms. The molecule has 1 heterocycles. The highest BCUT2D eigenvalue weighted by Crippen LogP contribution is 2.18. The molecule has 0 bridgehead atoms. The number of aromatic nitrogens is 1. The summed E-state index contributed by atoms with van der Waals surface area (Å²) in [6, 6.07) is 3.04. The Kier molecular flexibility index (Phi) is 4.67. The summed E-state index contributed by atoms with van der Waals surface area (Å²) in [6.45, 7) is 5.70. The van der Waals surface area contributed by atoms with Crippen LogP contribution in [0.15, 0.2) is 12.3 Å². The standard InChI is InChI=1S/C13H17N3O2/c1-8(2)6-11(13(17)18)16-12-10(7-14)9(3)4-5-15-12/h4-5,8,11H,6H2,1-3H3,(H,15,16)(H,17,18)/t11-/m1/s1. The van der Waals surface area contributed by atoms with Crippen molar-refractivity contribution in [3.8, 4) is 6.07 Å². The van der Waals surface area contributed by atoms with Crippen molar-refractivity contribution in [1.82, 2.24) is 4.98 Å². The van der Waals surface area contributed by atoms with Gasteiger partial charge in [0.25, 0.3) is 0 Å². The Hall–Kier alpha value is -2.09. The van der Waals surface area contributed by atoms with E-state index in [0.29, 0.717) is 17.8 Å². The number of nitrogens with zero attached hydrogens (tertiary/aromatic N) is 2. The van der Waals surface area contributed by atoms with Crippen LogP contribution in [0.4, 0.5) is 5.82 Å². The first kappa shape index (κ1) is 14.0. The summed E-state index contributed by atoms with van der Waals surface area (Å²) in [4.78, 5) is 15.2. The number of nitriles is 1. The van der Waals surface area contributed by atoms with Crippen LogP contribution in [0.2, 0.25) is 0 Å². The lowest BCUT2D eigenvalue weighted by atomic mass is 10.0. The van der Waals surface area contributed by atoms with Crippen molar-refractivity contribution < 1.29 is 9.90 Å². The van der Waals surface area contributed by atoms with Gasteiger partial charge in [-0.15, -0.1) is 0 Å².